The standard InChI is InChI=1S/C13H20BrNO/c1-4-9(2)7-12(15)11-8-10(14)5-6-13(11)16-3/h5-6,8-9,12H,4,7,15H2,1-3H3. The Morgan fingerprint density at radius 3 is 2.69 bits per heavy atom. The Hall–Kier alpha value is -0.540. The van der Waals surface area contributed by atoms with Crippen LogP contribution in [0.1, 0.15) is 38.3 Å². The van der Waals surface area contributed by atoms with Gasteiger partial charge in [0, 0.05) is 16.1 Å². The fourth-order valence-corrected chi connectivity index (χ4v) is 2.10. The van der Waals surface area contributed by atoms with Crippen LogP contribution >= 0.6 is 15.9 Å². The molecule has 1 aromatic carbocycles. The largest absolute Gasteiger partial charge is 0.496 e. The second-order valence-corrected chi connectivity index (χ2v) is 5.16. The summed E-state index contributed by atoms with van der Waals surface area (Å²) in [6.07, 6.45) is 2.15. The van der Waals surface area contributed by atoms with Crippen LogP contribution < -0.4 is 10.5 Å². The Bertz CT molecular complexity index is 341. The number of benzene rings is 1. The van der Waals surface area contributed by atoms with Crippen LogP contribution in [0, 0.1) is 5.92 Å². The van der Waals surface area contributed by atoms with Crippen LogP contribution in [-0.4, -0.2) is 7.11 Å². The first-order valence-electron chi connectivity index (χ1n) is 5.67. The summed E-state index contributed by atoms with van der Waals surface area (Å²) in [4.78, 5) is 0. The molecular weight excluding hydrogens is 266 g/mol. The van der Waals surface area contributed by atoms with Gasteiger partial charge in [0.15, 0.2) is 0 Å². The maximum atomic E-state index is 6.22. The van der Waals surface area contributed by atoms with Gasteiger partial charge in [0.2, 0.25) is 0 Å². The smallest absolute Gasteiger partial charge is 0.123 e. The first kappa shape index (κ1) is 13.5. The number of rotatable bonds is 5. The van der Waals surface area contributed by atoms with Gasteiger partial charge in [-0.05, 0) is 30.5 Å². The Balaban J connectivity index is 2.88. The molecule has 0 spiro atoms. The van der Waals surface area contributed by atoms with E-state index < -0.39 is 0 Å². The zero-order valence-electron chi connectivity index (χ0n) is 10.2. The minimum absolute atomic E-state index is 0.0439. The van der Waals surface area contributed by atoms with E-state index in [0.29, 0.717) is 5.92 Å². The van der Waals surface area contributed by atoms with Crippen LogP contribution in [0.4, 0.5) is 0 Å². The first-order chi connectivity index (χ1) is 7.58. The van der Waals surface area contributed by atoms with E-state index in [1.807, 2.05) is 18.2 Å². The molecule has 2 nitrogen and oxygen atoms in total. The normalized spacial score (nSPS) is 14.6. The summed E-state index contributed by atoms with van der Waals surface area (Å²) < 4.78 is 6.38. The van der Waals surface area contributed by atoms with Crippen LogP contribution in [0.2, 0.25) is 0 Å². The topological polar surface area (TPSA) is 35.2 Å². The predicted octanol–water partition coefficient (Wildman–Crippen LogP) is 3.89. The summed E-state index contributed by atoms with van der Waals surface area (Å²) in [5.41, 5.74) is 7.30. The van der Waals surface area contributed by atoms with Crippen LogP contribution in [0.5, 0.6) is 5.75 Å². The second kappa shape index (κ2) is 6.26. The molecule has 0 heterocycles. The summed E-state index contributed by atoms with van der Waals surface area (Å²) in [5.74, 6) is 1.51. The number of methoxy groups -OCH3 is 1. The van der Waals surface area contributed by atoms with Crippen molar-refractivity contribution in [1.29, 1.82) is 0 Å². The Morgan fingerprint density at radius 1 is 1.44 bits per heavy atom. The monoisotopic (exact) mass is 285 g/mol. The molecule has 0 aliphatic rings. The van der Waals surface area contributed by atoms with E-state index in [4.69, 9.17) is 10.5 Å². The summed E-state index contributed by atoms with van der Waals surface area (Å²) in [6, 6.07) is 6.02. The molecule has 1 aromatic rings. The Kier molecular flexibility index (Phi) is 5.29. The number of nitrogens with two attached hydrogens (primary N) is 1. The molecule has 2 unspecified atom stereocenters. The number of hydrogen-bond acceptors (Lipinski definition) is 2. The zero-order chi connectivity index (χ0) is 12.1. The van der Waals surface area contributed by atoms with Gasteiger partial charge in [-0.25, -0.2) is 0 Å². The molecule has 0 aromatic heterocycles. The van der Waals surface area contributed by atoms with E-state index in [1.165, 1.54) is 0 Å². The molecule has 0 amide bonds. The lowest BCUT2D eigenvalue weighted by molar-refractivity contribution is 0.395. The zero-order valence-corrected chi connectivity index (χ0v) is 11.8. The fourth-order valence-electron chi connectivity index (χ4n) is 1.72. The highest BCUT2D eigenvalue weighted by Gasteiger charge is 2.14. The number of halogens is 1. The van der Waals surface area contributed by atoms with Gasteiger partial charge in [-0.2, -0.15) is 0 Å². The summed E-state index contributed by atoms with van der Waals surface area (Å²) >= 11 is 3.47. The van der Waals surface area contributed by atoms with Crippen molar-refractivity contribution in [3.8, 4) is 5.75 Å². The molecule has 2 N–H and O–H groups in total. The van der Waals surface area contributed by atoms with Crippen LogP contribution in [0.15, 0.2) is 22.7 Å². The predicted molar refractivity (Wildman–Crippen MR) is 71.7 cm³/mol. The van der Waals surface area contributed by atoms with Crippen molar-refractivity contribution in [3.05, 3.63) is 28.2 Å². The quantitative estimate of drug-likeness (QED) is 0.891. The van der Waals surface area contributed by atoms with Crippen molar-refractivity contribution in [2.24, 2.45) is 11.7 Å². The third kappa shape index (κ3) is 3.49. The highest BCUT2D eigenvalue weighted by Crippen LogP contribution is 2.30. The van der Waals surface area contributed by atoms with E-state index in [1.54, 1.807) is 7.11 Å². The molecule has 0 aliphatic carbocycles. The van der Waals surface area contributed by atoms with Crippen molar-refractivity contribution in [3.63, 3.8) is 0 Å². The van der Waals surface area contributed by atoms with Gasteiger partial charge >= 0.3 is 0 Å². The summed E-state index contributed by atoms with van der Waals surface area (Å²) in [5, 5.41) is 0. The van der Waals surface area contributed by atoms with Gasteiger partial charge < -0.3 is 10.5 Å². The average molecular weight is 286 g/mol. The Labute approximate surface area is 106 Å². The lowest BCUT2D eigenvalue weighted by atomic mass is 9.94. The van der Waals surface area contributed by atoms with E-state index in [-0.39, 0.29) is 6.04 Å². The minimum Gasteiger partial charge on any atom is -0.496 e. The van der Waals surface area contributed by atoms with Crippen molar-refractivity contribution in [2.45, 2.75) is 32.7 Å². The molecular formula is C13H20BrNO. The molecule has 0 saturated heterocycles. The minimum atomic E-state index is 0.0439. The average Bonchev–Trinajstić information content (AvgIpc) is 2.28. The van der Waals surface area contributed by atoms with Crippen molar-refractivity contribution < 1.29 is 4.74 Å². The maximum Gasteiger partial charge on any atom is 0.123 e. The van der Waals surface area contributed by atoms with Crippen LogP contribution in [0.25, 0.3) is 0 Å². The van der Waals surface area contributed by atoms with Gasteiger partial charge in [-0.1, -0.05) is 36.2 Å². The molecule has 16 heavy (non-hydrogen) atoms. The highest BCUT2D eigenvalue weighted by atomic mass is 79.9. The van der Waals surface area contributed by atoms with Gasteiger partial charge in [0.25, 0.3) is 0 Å². The van der Waals surface area contributed by atoms with E-state index in [2.05, 4.69) is 29.8 Å². The molecule has 2 atom stereocenters. The van der Waals surface area contributed by atoms with Crippen molar-refractivity contribution >= 4 is 15.9 Å². The van der Waals surface area contributed by atoms with Crippen LogP contribution in [-0.2, 0) is 0 Å². The molecule has 1 rings (SSSR count). The summed E-state index contributed by atoms with van der Waals surface area (Å²) in [7, 11) is 1.68. The fraction of sp³-hybridized carbons (Fsp3) is 0.538. The lowest BCUT2D eigenvalue weighted by Gasteiger charge is -2.19. The molecule has 0 radical (unpaired) electrons. The molecule has 3 heteroatoms. The molecule has 0 fully saturated rings. The molecule has 90 valence electrons. The van der Waals surface area contributed by atoms with Gasteiger partial charge in [-0.3, -0.25) is 0 Å². The van der Waals surface area contributed by atoms with Gasteiger partial charge in [-0.15, -0.1) is 0 Å². The van der Waals surface area contributed by atoms with E-state index in [9.17, 15) is 0 Å². The van der Waals surface area contributed by atoms with Gasteiger partial charge in [0.05, 0.1) is 7.11 Å². The van der Waals surface area contributed by atoms with Crippen molar-refractivity contribution in [1.82, 2.24) is 0 Å². The summed E-state index contributed by atoms with van der Waals surface area (Å²) in [6.45, 7) is 4.42. The van der Waals surface area contributed by atoms with Gasteiger partial charge in [0.1, 0.15) is 5.75 Å². The SMILES string of the molecule is CCC(C)CC(N)c1cc(Br)ccc1OC. The maximum absolute atomic E-state index is 6.22. The number of hydrogen-bond donors (Lipinski definition) is 1. The first-order valence-corrected chi connectivity index (χ1v) is 6.46. The molecule has 0 saturated carbocycles. The second-order valence-electron chi connectivity index (χ2n) is 4.24. The van der Waals surface area contributed by atoms with E-state index in [0.717, 1.165) is 28.6 Å². The van der Waals surface area contributed by atoms with Crippen LogP contribution in [0.3, 0.4) is 0 Å². The lowest BCUT2D eigenvalue weighted by Crippen LogP contribution is -2.14. The Morgan fingerprint density at radius 2 is 2.12 bits per heavy atom. The molecule has 0 bridgehead atoms. The highest BCUT2D eigenvalue weighted by molar-refractivity contribution is 9.10. The number of ether oxygens (including phenoxy) is 1. The van der Waals surface area contributed by atoms with E-state index >= 15 is 0 Å². The molecule has 0 aliphatic heterocycles. The third-order valence-corrected chi connectivity index (χ3v) is 3.44. The third-order valence-electron chi connectivity index (χ3n) is 2.94. The van der Waals surface area contributed by atoms with Crippen molar-refractivity contribution in [2.75, 3.05) is 7.11 Å².